The number of aromatic amines is 1. The Kier molecular flexibility index (Phi) is 6.13. The van der Waals surface area contributed by atoms with Gasteiger partial charge in [-0.3, -0.25) is 14.7 Å². The number of hydrogen-bond acceptors (Lipinski definition) is 5. The van der Waals surface area contributed by atoms with E-state index in [0.29, 0.717) is 29.6 Å². The first-order chi connectivity index (χ1) is 11.9. The molecule has 0 fully saturated rings. The second-order valence-corrected chi connectivity index (χ2v) is 5.84. The molecule has 0 aliphatic carbocycles. The minimum Gasteiger partial charge on any atom is -0.410 e. The molecule has 1 aromatic heterocycles. The van der Waals surface area contributed by atoms with Crippen molar-refractivity contribution in [1.82, 2.24) is 20.6 Å². The molecule has 8 heteroatoms. The average Bonchev–Trinajstić information content (AvgIpc) is 3.09. The van der Waals surface area contributed by atoms with Gasteiger partial charge in [-0.1, -0.05) is 13.8 Å². The largest absolute Gasteiger partial charge is 0.412 e. The van der Waals surface area contributed by atoms with Crippen LogP contribution < -0.4 is 10.1 Å². The lowest BCUT2D eigenvalue weighted by molar-refractivity contribution is -0.0760. The summed E-state index contributed by atoms with van der Waals surface area (Å²) < 4.78 is 5.19. The zero-order valence-electron chi connectivity index (χ0n) is 14.7. The normalized spacial score (nSPS) is 10.6. The Hall–Kier alpha value is -2.87. The number of nitrogens with zero attached hydrogens (tertiary/aromatic N) is 2. The first-order valence-electron chi connectivity index (χ1n) is 7.84. The van der Waals surface area contributed by atoms with Crippen molar-refractivity contribution in [2.45, 2.75) is 13.8 Å². The molecule has 0 saturated heterocycles. The van der Waals surface area contributed by atoms with Crippen molar-refractivity contribution in [3.63, 3.8) is 0 Å². The fraction of sp³-hybridized carbons (Fsp3) is 0.353. The van der Waals surface area contributed by atoms with Gasteiger partial charge < -0.3 is 10.1 Å². The highest BCUT2D eigenvalue weighted by Gasteiger charge is 2.15. The molecule has 0 aliphatic heterocycles. The first kappa shape index (κ1) is 18.5. The van der Waals surface area contributed by atoms with Gasteiger partial charge in [0.2, 0.25) is 0 Å². The standard InChI is InChI=1S/C17H22N4O4/c1-11(2)10-18-17(23)25-13-7-5-12(6-8-13)14-9-15(20-19-14)16(22)21(3)24-4/h5-9,11H,10H2,1-4H3,(H,18,23)(H,19,20). The van der Waals surface area contributed by atoms with Gasteiger partial charge in [-0.2, -0.15) is 5.10 Å². The first-order valence-corrected chi connectivity index (χ1v) is 7.84. The fourth-order valence-electron chi connectivity index (χ4n) is 1.96. The van der Waals surface area contributed by atoms with Gasteiger partial charge in [-0.25, -0.2) is 9.86 Å². The Morgan fingerprint density at radius 2 is 1.96 bits per heavy atom. The molecule has 134 valence electrons. The zero-order valence-corrected chi connectivity index (χ0v) is 14.7. The van der Waals surface area contributed by atoms with Crippen LogP contribution in [0.3, 0.4) is 0 Å². The van der Waals surface area contributed by atoms with Crippen LogP contribution in [0.5, 0.6) is 5.75 Å². The Morgan fingerprint density at radius 1 is 1.28 bits per heavy atom. The number of H-pyrrole nitrogens is 1. The molecule has 2 N–H and O–H groups in total. The Labute approximate surface area is 146 Å². The fourth-order valence-corrected chi connectivity index (χ4v) is 1.96. The molecule has 2 aromatic rings. The Balaban J connectivity index is 2.02. The van der Waals surface area contributed by atoms with Crippen LogP contribution in [-0.4, -0.2) is 48.0 Å². The van der Waals surface area contributed by atoms with Crippen molar-refractivity contribution in [3.05, 3.63) is 36.0 Å². The summed E-state index contributed by atoms with van der Waals surface area (Å²) in [5, 5.41) is 10.6. The molecule has 25 heavy (non-hydrogen) atoms. The molecular weight excluding hydrogens is 324 g/mol. The maximum absolute atomic E-state index is 12.0. The van der Waals surface area contributed by atoms with E-state index in [-0.39, 0.29) is 5.91 Å². The molecule has 0 aliphatic rings. The summed E-state index contributed by atoms with van der Waals surface area (Å²) in [7, 11) is 2.92. The minimum atomic E-state index is -0.489. The highest BCUT2D eigenvalue weighted by molar-refractivity contribution is 5.92. The molecule has 8 nitrogen and oxygen atoms in total. The van der Waals surface area contributed by atoms with Gasteiger partial charge in [-0.05, 0) is 36.2 Å². The number of hydroxylamine groups is 2. The molecule has 0 spiro atoms. The number of amides is 2. The lowest BCUT2D eigenvalue weighted by Crippen LogP contribution is -2.30. The predicted molar refractivity (Wildman–Crippen MR) is 92.0 cm³/mol. The summed E-state index contributed by atoms with van der Waals surface area (Å²) in [6, 6.07) is 8.48. The van der Waals surface area contributed by atoms with E-state index in [1.54, 1.807) is 30.3 Å². The highest BCUT2D eigenvalue weighted by atomic mass is 16.7. The van der Waals surface area contributed by atoms with Crippen molar-refractivity contribution < 1.29 is 19.2 Å². The Morgan fingerprint density at radius 3 is 2.56 bits per heavy atom. The van der Waals surface area contributed by atoms with Gasteiger partial charge in [-0.15, -0.1) is 0 Å². The second kappa shape index (κ2) is 8.29. The number of hydrogen-bond donors (Lipinski definition) is 2. The number of carbonyl (C=O) groups is 2. The number of benzene rings is 1. The van der Waals surface area contributed by atoms with E-state index in [0.717, 1.165) is 10.6 Å². The average molecular weight is 346 g/mol. The lowest BCUT2D eigenvalue weighted by Gasteiger charge is -2.11. The van der Waals surface area contributed by atoms with Gasteiger partial charge >= 0.3 is 6.09 Å². The molecule has 0 radical (unpaired) electrons. The van der Waals surface area contributed by atoms with Gasteiger partial charge in [0.05, 0.1) is 12.8 Å². The van der Waals surface area contributed by atoms with Gasteiger partial charge in [0.25, 0.3) is 5.91 Å². The van der Waals surface area contributed by atoms with Crippen LogP contribution in [0.2, 0.25) is 0 Å². The van der Waals surface area contributed by atoms with Crippen molar-refractivity contribution in [1.29, 1.82) is 0 Å². The predicted octanol–water partition coefficient (Wildman–Crippen LogP) is 2.45. The summed E-state index contributed by atoms with van der Waals surface area (Å²) in [5.74, 6) is 0.447. The molecule has 0 saturated carbocycles. The highest BCUT2D eigenvalue weighted by Crippen LogP contribution is 2.21. The summed E-state index contributed by atoms with van der Waals surface area (Å²) in [4.78, 5) is 28.5. The van der Waals surface area contributed by atoms with Crippen LogP contribution in [0.1, 0.15) is 24.3 Å². The number of aromatic nitrogens is 2. The topological polar surface area (TPSA) is 96.5 Å². The molecule has 2 rings (SSSR count). The molecule has 2 amide bonds. The molecule has 0 atom stereocenters. The number of ether oxygens (including phenoxy) is 1. The quantitative estimate of drug-likeness (QED) is 0.783. The monoisotopic (exact) mass is 346 g/mol. The van der Waals surface area contributed by atoms with E-state index in [9.17, 15) is 9.59 Å². The van der Waals surface area contributed by atoms with Crippen LogP contribution >= 0.6 is 0 Å². The van der Waals surface area contributed by atoms with Crippen molar-refractivity contribution in [2.24, 2.45) is 5.92 Å². The molecule has 1 aromatic carbocycles. The van der Waals surface area contributed by atoms with Crippen molar-refractivity contribution >= 4 is 12.0 Å². The van der Waals surface area contributed by atoms with E-state index in [1.807, 2.05) is 13.8 Å². The SMILES string of the molecule is CON(C)C(=O)c1cc(-c2ccc(OC(=O)NCC(C)C)cc2)n[nH]1. The van der Waals surface area contributed by atoms with Crippen LogP contribution in [-0.2, 0) is 4.84 Å². The smallest absolute Gasteiger partial charge is 0.410 e. The molecule has 1 heterocycles. The minimum absolute atomic E-state index is 0.313. The molecule has 0 unspecified atom stereocenters. The van der Waals surface area contributed by atoms with Crippen LogP contribution in [0.15, 0.2) is 30.3 Å². The van der Waals surface area contributed by atoms with Gasteiger partial charge in [0.15, 0.2) is 0 Å². The number of rotatable bonds is 6. The van der Waals surface area contributed by atoms with E-state index in [1.165, 1.54) is 14.2 Å². The van der Waals surface area contributed by atoms with Crippen molar-refractivity contribution in [2.75, 3.05) is 20.7 Å². The summed E-state index contributed by atoms with van der Waals surface area (Å²) in [6.07, 6.45) is -0.489. The molecular formula is C17H22N4O4. The number of nitrogens with one attached hydrogen (secondary N) is 2. The maximum atomic E-state index is 12.0. The third-order valence-corrected chi connectivity index (χ3v) is 3.38. The molecule has 0 bridgehead atoms. The maximum Gasteiger partial charge on any atom is 0.412 e. The second-order valence-electron chi connectivity index (χ2n) is 5.84. The third-order valence-electron chi connectivity index (χ3n) is 3.38. The van der Waals surface area contributed by atoms with E-state index < -0.39 is 6.09 Å². The zero-order chi connectivity index (χ0) is 18.4. The van der Waals surface area contributed by atoms with E-state index in [4.69, 9.17) is 9.57 Å². The van der Waals surface area contributed by atoms with Crippen LogP contribution in [0.4, 0.5) is 4.79 Å². The van der Waals surface area contributed by atoms with Crippen molar-refractivity contribution in [3.8, 4) is 17.0 Å². The summed E-state index contributed by atoms with van der Waals surface area (Å²) in [6.45, 7) is 4.56. The summed E-state index contributed by atoms with van der Waals surface area (Å²) in [5.41, 5.74) is 1.70. The Bertz CT molecular complexity index is 725. The van der Waals surface area contributed by atoms with Crippen LogP contribution in [0.25, 0.3) is 11.3 Å². The van der Waals surface area contributed by atoms with E-state index >= 15 is 0 Å². The number of carbonyl (C=O) groups excluding carboxylic acids is 2. The van der Waals surface area contributed by atoms with E-state index in [2.05, 4.69) is 15.5 Å². The van der Waals surface area contributed by atoms with Gasteiger partial charge in [0, 0.05) is 19.2 Å². The lowest BCUT2D eigenvalue weighted by atomic mass is 10.1. The summed E-state index contributed by atoms with van der Waals surface area (Å²) >= 11 is 0. The van der Waals surface area contributed by atoms with Crippen LogP contribution in [0, 0.1) is 5.92 Å². The van der Waals surface area contributed by atoms with Gasteiger partial charge in [0.1, 0.15) is 11.4 Å². The third kappa shape index (κ3) is 5.05.